The van der Waals surface area contributed by atoms with E-state index in [1.165, 1.54) is 0 Å². The monoisotopic (exact) mass is 218 g/mol. The smallest absolute Gasteiger partial charge is 0.267 e. The van der Waals surface area contributed by atoms with Gasteiger partial charge in [0, 0.05) is 0 Å². The van der Waals surface area contributed by atoms with E-state index in [4.69, 9.17) is 22.0 Å². The minimum absolute atomic E-state index is 0.116. The third kappa shape index (κ3) is 2.09. The number of hydrogen-bond donors (Lipinski definition) is 1. The Morgan fingerprint density at radius 3 is 2.79 bits per heavy atom. The molecule has 1 aromatic rings. The molecule has 1 heterocycles. The molecule has 0 spiro atoms. The van der Waals surface area contributed by atoms with Gasteiger partial charge in [0.25, 0.3) is 6.43 Å². The SMILES string of the molecule is N#CCc1cc(C(F)F)c(O)c(Cl)n1. The third-order valence-electron chi connectivity index (χ3n) is 1.53. The Morgan fingerprint density at radius 1 is 1.64 bits per heavy atom. The van der Waals surface area contributed by atoms with Gasteiger partial charge < -0.3 is 5.11 Å². The summed E-state index contributed by atoms with van der Waals surface area (Å²) >= 11 is 5.39. The summed E-state index contributed by atoms with van der Waals surface area (Å²) in [4.78, 5) is 3.57. The Hall–Kier alpha value is -1.41. The second-order valence-electron chi connectivity index (χ2n) is 2.48. The van der Waals surface area contributed by atoms with Crippen molar-refractivity contribution in [2.45, 2.75) is 12.8 Å². The van der Waals surface area contributed by atoms with Gasteiger partial charge in [0.2, 0.25) is 0 Å². The fourth-order valence-electron chi connectivity index (χ4n) is 0.916. The molecular weight excluding hydrogens is 214 g/mol. The second-order valence-corrected chi connectivity index (χ2v) is 2.84. The molecule has 0 aromatic carbocycles. The van der Waals surface area contributed by atoms with Crippen molar-refractivity contribution in [2.75, 3.05) is 0 Å². The summed E-state index contributed by atoms with van der Waals surface area (Å²) in [6.45, 7) is 0. The third-order valence-corrected chi connectivity index (χ3v) is 1.79. The lowest BCUT2D eigenvalue weighted by molar-refractivity contribution is 0.147. The van der Waals surface area contributed by atoms with Gasteiger partial charge in [-0.3, -0.25) is 0 Å². The number of rotatable bonds is 2. The quantitative estimate of drug-likeness (QED) is 0.776. The maximum atomic E-state index is 12.3. The van der Waals surface area contributed by atoms with Gasteiger partial charge in [0.1, 0.15) is 0 Å². The van der Waals surface area contributed by atoms with Gasteiger partial charge >= 0.3 is 0 Å². The lowest BCUT2D eigenvalue weighted by Crippen LogP contribution is -1.94. The van der Waals surface area contributed by atoms with Crippen LogP contribution in [-0.2, 0) is 6.42 Å². The predicted molar refractivity (Wildman–Crippen MR) is 45.2 cm³/mol. The van der Waals surface area contributed by atoms with E-state index in [0.29, 0.717) is 0 Å². The molecule has 1 aromatic heterocycles. The zero-order valence-electron chi connectivity index (χ0n) is 6.84. The first-order valence-corrected chi connectivity index (χ1v) is 3.97. The van der Waals surface area contributed by atoms with E-state index in [2.05, 4.69) is 4.98 Å². The number of pyridine rings is 1. The first kappa shape index (κ1) is 10.7. The Labute approximate surface area is 83.6 Å². The van der Waals surface area contributed by atoms with Gasteiger partial charge in [-0.2, -0.15) is 5.26 Å². The van der Waals surface area contributed by atoms with Crippen LogP contribution in [0.5, 0.6) is 5.75 Å². The van der Waals surface area contributed by atoms with Crippen LogP contribution in [0.1, 0.15) is 17.7 Å². The second kappa shape index (κ2) is 4.20. The molecule has 6 heteroatoms. The molecule has 14 heavy (non-hydrogen) atoms. The first-order chi connectivity index (χ1) is 6.56. The Kier molecular flexibility index (Phi) is 3.20. The van der Waals surface area contributed by atoms with Crippen molar-refractivity contribution in [1.29, 1.82) is 5.26 Å². The molecule has 0 fully saturated rings. The summed E-state index contributed by atoms with van der Waals surface area (Å²) in [5.41, 5.74) is -0.485. The molecule has 0 aliphatic carbocycles. The van der Waals surface area contributed by atoms with Crippen molar-refractivity contribution >= 4 is 11.6 Å². The van der Waals surface area contributed by atoms with Gasteiger partial charge in [0.15, 0.2) is 10.9 Å². The number of aromatic hydroxyl groups is 1. The maximum Gasteiger partial charge on any atom is 0.267 e. The van der Waals surface area contributed by atoms with Crippen LogP contribution < -0.4 is 0 Å². The highest BCUT2D eigenvalue weighted by molar-refractivity contribution is 6.30. The van der Waals surface area contributed by atoms with Crippen LogP contribution in [0.25, 0.3) is 0 Å². The average Bonchev–Trinajstić information content (AvgIpc) is 2.11. The molecule has 0 radical (unpaired) electrons. The van der Waals surface area contributed by atoms with E-state index in [-0.39, 0.29) is 12.1 Å². The predicted octanol–water partition coefficient (Wildman–Crippen LogP) is 2.44. The number of hydrogen-bond acceptors (Lipinski definition) is 3. The van der Waals surface area contributed by atoms with Gasteiger partial charge in [-0.1, -0.05) is 11.6 Å². The molecule has 0 atom stereocenters. The van der Waals surface area contributed by atoms with E-state index >= 15 is 0 Å². The fourth-order valence-corrected chi connectivity index (χ4v) is 1.13. The molecule has 0 aliphatic heterocycles. The highest BCUT2D eigenvalue weighted by Crippen LogP contribution is 2.33. The van der Waals surface area contributed by atoms with Crippen molar-refractivity contribution in [1.82, 2.24) is 4.98 Å². The van der Waals surface area contributed by atoms with Crippen LogP contribution in [0.15, 0.2) is 6.07 Å². The summed E-state index contributed by atoms with van der Waals surface area (Å²) in [5, 5.41) is 17.0. The molecule has 1 N–H and O–H groups in total. The van der Waals surface area contributed by atoms with Crippen molar-refractivity contribution in [3.8, 4) is 11.8 Å². The molecule has 74 valence electrons. The van der Waals surface area contributed by atoms with Crippen LogP contribution in [-0.4, -0.2) is 10.1 Å². The summed E-state index contributed by atoms with van der Waals surface area (Å²) < 4.78 is 24.6. The van der Waals surface area contributed by atoms with Gasteiger partial charge in [0.05, 0.1) is 23.7 Å². The number of halogens is 3. The maximum absolute atomic E-state index is 12.3. The van der Waals surface area contributed by atoms with E-state index in [1.807, 2.05) is 0 Å². The van der Waals surface area contributed by atoms with Crippen LogP contribution >= 0.6 is 11.6 Å². The Morgan fingerprint density at radius 2 is 2.29 bits per heavy atom. The van der Waals surface area contributed by atoms with Crippen LogP contribution in [0, 0.1) is 11.3 Å². The topological polar surface area (TPSA) is 56.9 Å². The largest absolute Gasteiger partial charge is 0.504 e. The lowest BCUT2D eigenvalue weighted by Gasteiger charge is -2.05. The van der Waals surface area contributed by atoms with Gasteiger partial charge in [-0.25, -0.2) is 13.8 Å². The minimum Gasteiger partial charge on any atom is -0.504 e. The molecule has 0 bridgehead atoms. The number of nitriles is 1. The van der Waals surface area contributed by atoms with Gasteiger partial charge in [-0.05, 0) is 6.07 Å². The zero-order chi connectivity index (χ0) is 10.7. The zero-order valence-corrected chi connectivity index (χ0v) is 7.59. The molecule has 1 rings (SSSR count). The molecule has 0 saturated carbocycles. The van der Waals surface area contributed by atoms with Gasteiger partial charge in [-0.15, -0.1) is 0 Å². The van der Waals surface area contributed by atoms with Crippen LogP contribution in [0.4, 0.5) is 8.78 Å². The van der Waals surface area contributed by atoms with Crippen molar-refractivity contribution < 1.29 is 13.9 Å². The number of alkyl halides is 2. The van der Waals surface area contributed by atoms with Crippen molar-refractivity contribution in [2.24, 2.45) is 0 Å². The number of nitrogens with zero attached hydrogens (tertiary/aromatic N) is 2. The van der Waals surface area contributed by atoms with Crippen molar-refractivity contribution in [3.63, 3.8) is 0 Å². The van der Waals surface area contributed by atoms with E-state index in [0.717, 1.165) is 6.07 Å². The molecule has 0 aliphatic rings. The summed E-state index contributed by atoms with van der Waals surface area (Å²) in [6, 6.07) is 2.72. The molecule has 0 amide bonds. The molecule has 3 nitrogen and oxygen atoms in total. The molecule has 0 saturated heterocycles. The summed E-state index contributed by atoms with van der Waals surface area (Å²) in [5.74, 6) is -0.733. The first-order valence-electron chi connectivity index (χ1n) is 3.59. The summed E-state index contributed by atoms with van der Waals surface area (Å²) in [7, 11) is 0. The van der Waals surface area contributed by atoms with Crippen LogP contribution in [0.2, 0.25) is 5.15 Å². The van der Waals surface area contributed by atoms with Crippen LogP contribution in [0.3, 0.4) is 0 Å². The lowest BCUT2D eigenvalue weighted by atomic mass is 10.2. The summed E-state index contributed by atoms with van der Waals surface area (Å²) in [6.07, 6.45) is -2.97. The molecular formula is C8H5ClF2N2O. The van der Waals surface area contributed by atoms with Crippen molar-refractivity contribution in [3.05, 3.63) is 22.5 Å². The van der Waals surface area contributed by atoms with E-state index < -0.39 is 22.9 Å². The average molecular weight is 219 g/mol. The Bertz CT molecular complexity index is 390. The Balaban J connectivity index is 3.22. The number of aromatic nitrogens is 1. The highest BCUT2D eigenvalue weighted by Gasteiger charge is 2.17. The normalized spacial score (nSPS) is 10.2. The minimum atomic E-state index is -2.84. The fraction of sp³-hybridized carbons (Fsp3) is 0.250. The molecule has 0 unspecified atom stereocenters. The standard InChI is InChI=1S/C8H5ClF2N2O/c9-7-6(14)5(8(10)11)3-4(13-7)1-2-12/h3,8,14H,1H2. The van der Waals surface area contributed by atoms with E-state index in [9.17, 15) is 8.78 Å². The highest BCUT2D eigenvalue weighted by atomic mass is 35.5. The van der Waals surface area contributed by atoms with E-state index in [1.54, 1.807) is 6.07 Å².